The van der Waals surface area contributed by atoms with Gasteiger partial charge in [-0.2, -0.15) is 5.10 Å². The molecule has 0 radical (unpaired) electrons. The third kappa shape index (κ3) is 4.22. The largest absolute Gasteiger partial charge is 0.347 e. The Morgan fingerprint density at radius 1 is 1.08 bits per heavy atom. The van der Waals surface area contributed by atoms with Crippen LogP contribution < -0.4 is 10.9 Å². The predicted molar refractivity (Wildman–Crippen MR) is 96.3 cm³/mol. The van der Waals surface area contributed by atoms with Gasteiger partial charge in [-0.1, -0.05) is 42.5 Å². The van der Waals surface area contributed by atoms with Crippen molar-refractivity contribution in [2.45, 2.75) is 20.0 Å². The SMILES string of the molecule is Cc1ccc(CNC(=O)c2ccc(=O)n(Cc3ccccc3)n2)cc1F. The number of nitrogens with one attached hydrogen (secondary N) is 1. The van der Waals surface area contributed by atoms with E-state index in [-0.39, 0.29) is 30.2 Å². The molecule has 0 aliphatic heterocycles. The first-order valence-corrected chi connectivity index (χ1v) is 8.18. The average Bonchev–Trinajstić information content (AvgIpc) is 2.65. The lowest BCUT2D eigenvalue weighted by molar-refractivity contribution is 0.0943. The number of carbonyl (C=O) groups excluding carboxylic acids is 1. The molecule has 0 atom stereocenters. The van der Waals surface area contributed by atoms with E-state index >= 15 is 0 Å². The Labute approximate surface area is 150 Å². The van der Waals surface area contributed by atoms with Crippen molar-refractivity contribution >= 4 is 5.91 Å². The second-order valence-electron chi connectivity index (χ2n) is 5.97. The Hall–Kier alpha value is -3.28. The lowest BCUT2D eigenvalue weighted by Gasteiger charge is -2.08. The van der Waals surface area contributed by atoms with Crippen molar-refractivity contribution in [3.05, 3.63) is 99.2 Å². The van der Waals surface area contributed by atoms with Crippen LogP contribution in [0.3, 0.4) is 0 Å². The number of halogens is 1. The molecule has 0 aliphatic rings. The number of hydrogen-bond donors (Lipinski definition) is 1. The third-order valence-electron chi connectivity index (χ3n) is 3.96. The van der Waals surface area contributed by atoms with Gasteiger partial charge in [0.2, 0.25) is 0 Å². The van der Waals surface area contributed by atoms with Gasteiger partial charge in [-0.15, -0.1) is 0 Å². The number of hydrogen-bond acceptors (Lipinski definition) is 3. The molecular formula is C20H18FN3O2. The summed E-state index contributed by atoms with van der Waals surface area (Å²) in [4.78, 5) is 24.3. The smallest absolute Gasteiger partial charge is 0.271 e. The molecule has 1 aromatic heterocycles. The minimum Gasteiger partial charge on any atom is -0.347 e. The molecule has 0 bridgehead atoms. The van der Waals surface area contributed by atoms with Crippen LogP contribution in [0.5, 0.6) is 0 Å². The standard InChI is InChI=1S/C20H18FN3O2/c1-14-7-8-16(11-17(14)21)12-22-20(26)18-9-10-19(25)24(23-18)13-15-5-3-2-4-6-15/h2-11H,12-13H2,1H3,(H,22,26). The molecule has 5 nitrogen and oxygen atoms in total. The Morgan fingerprint density at radius 2 is 1.85 bits per heavy atom. The number of benzene rings is 2. The van der Waals surface area contributed by atoms with Gasteiger partial charge in [0.05, 0.1) is 6.54 Å². The minimum atomic E-state index is -0.423. The zero-order valence-corrected chi connectivity index (χ0v) is 14.3. The van der Waals surface area contributed by atoms with Crippen molar-refractivity contribution < 1.29 is 9.18 Å². The van der Waals surface area contributed by atoms with Crippen molar-refractivity contribution in [1.29, 1.82) is 0 Å². The topological polar surface area (TPSA) is 64.0 Å². The Balaban J connectivity index is 1.72. The maximum Gasteiger partial charge on any atom is 0.271 e. The first kappa shape index (κ1) is 17.5. The van der Waals surface area contributed by atoms with E-state index in [4.69, 9.17) is 0 Å². The van der Waals surface area contributed by atoms with Crippen LogP contribution in [0.25, 0.3) is 0 Å². The highest BCUT2D eigenvalue weighted by Crippen LogP contribution is 2.09. The first-order chi connectivity index (χ1) is 12.5. The van der Waals surface area contributed by atoms with Crippen molar-refractivity contribution in [3.63, 3.8) is 0 Å². The summed E-state index contributed by atoms with van der Waals surface area (Å²) in [5.74, 6) is -0.737. The van der Waals surface area contributed by atoms with Crippen LogP contribution >= 0.6 is 0 Å². The quantitative estimate of drug-likeness (QED) is 0.769. The van der Waals surface area contributed by atoms with E-state index in [9.17, 15) is 14.0 Å². The lowest BCUT2D eigenvalue weighted by atomic mass is 10.1. The monoisotopic (exact) mass is 351 g/mol. The van der Waals surface area contributed by atoms with E-state index in [1.807, 2.05) is 30.3 Å². The van der Waals surface area contributed by atoms with Crippen molar-refractivity contribution in [2.24, 2.45) is 0 Å². The van der Waals surface area contributed by atoms with E-state index < -0.39 is 5.91 Å². The average molecular weight is 351 g/mol. The molecule has 0 unspecified atom stereocenters. The van der Waals surface area contributed by atoms with Gasteiger partial charge in [-0.05, 0) is 35.7 Å². The summed E-state index contributed by atoms with van der Waals surface area (Å²) in [5, 5.41) is 6.82. The van der Waals surface area contributed by atoms with Crippen LogP contribution in [0.2, 0.25) is 0 Å². The van der Waals surface area contributed by atoms with Gasteiger partial charge in [-0.25, -0.2) is 9.07 Å². The lowest BCUT2D eigenvalue weighted by Crippen LogP contribution is -2.29. The third-order valence-corrected chi connectivity index (χ3v) is 3.96. The number of amides is 1. The fraction of sp³-hybridized carbons (Fsp3) is 0.150. The number of nitrogens with zero attached hydrogens (tertiary/aromatic N) is 2. The van der Waals surface area contributed by atoms with Gasteiger partial charge in [0, 0.05) is 12.6 Å². The number of aryl methyl sites for hydroxylation is 1. The summed E-state index contributed by atoms with van der Waals surface area (Å²) >= 11 is 0. The van der Waals surface area contributed by atoms with E-state index in [0.29, 0.717) is 11.1 Å². The highest BCUT2D eigenvalue weighted by molar-refractivity contribution is 5.91. The van der Waals surface area contributed by atoms with Gasteiger partial charge in [0.15, 0.2) is 0 Å². The molecule has 0 spiro atoms. The Morgan fingerprint density at radius 3 is 2.58 bits per heavy atom. The predicted octanol–water partition coefficient (Wildman–Crippen LogP) is 2.67. The molecule has 1 heterocycles. The van der Waals surface area contributed by atoms with Gasteiger partial charge in [0.25, 0.3) is 11.5 Å². The van der Waals surface area contributed by atoms with Gasteiger partial charge >= 0.3 is 0 Å². The molecule has 0 aliphatic carbocycles. The molecule has 132 valence electrons. The van der Waals surface area contributed by atoms with Crippen LogP contribution in [0, 0.1) is 12.7 Å². The molecule has 1 amide bonds. The maximum atomic E-state index is 13.6. The zero-order valence-electron chi connectivity index (χ0n) is 14.3. The molecule has 0 fully saturated rings. The molecule has 6 heteroatoms. The molecule has 3 rings (SSSR count). The van der Waals surface area contributed by atoms with Gasteiger partial charge < -0.3 is 5.32 Å². The summed E-state index contributed by atoms with van der Waals surface area (Å²) in [7, 11) is 0. The fourth-order valence-corrected chi connectivity index (χ4v) is 2.46. The zero-order chi connectivity index (χ0) is 18.5. The molecule has 26 heavy (non-hydrogen) atoms. The molecule has 0 saturated heterocycles. The van der Waals surface area contributed by atoms with Crippen LogP contribution in [-0.4, -0.2) is 15.7 Å². The number of carbonyl (C=O) groups is 1. The second kappa shape index (κ2) is 7.74. The maximum absolute atomic E-state index is 13.6. The van der Waals surface area contributed by atoms with Crippen LogP contribution in [0.1, 0.15) is 27.2 Å². The van der Waals surface area contributed by atoms with Gasteiger partial charge in [-0.3, -0.25) is 9.59 Å². The Bertz CT molecular complexity index is 984. The van der Waals surface area contributed by atoms with Crippen LogP contribution in [0.15, 0.2) is 65.5 Å². The number of rotatable bonds is 5. The Kier molecular flexibility index (Phi) is 5.22. The van der Waals surface area contributed by atoms with Gasteiger partial charge in [0.1, 0.15) is 11.5 Å². The summed E-state index contributed by atoms with van der Waals surface area (Å²) in [6.07, 6.45) is 0. The summed E-state index contributed by atoms with van der Waals surface area (Å²) in [6, 6.07) is 16.9. The molecular weight excluding hydrogens is 333 g/mol. The molecule has 3 aromatic rings. The summed E-state index contributed by atoms with van der Waals surface area (Å²) < 4.78 is 14.8. The normalized spacial score (nSPS) is 10.5. The number of aromatic nitrogens is 2. The minimum absolute atomic E-state index is 0.133. The molecule has 2 aromatic carbocycles. The molecule has 0 saturated carbocycles. The van der Waals surface area contributed by atoms with E-state index in [1.54, 1.807) is 19.1 Å². The fourth-order valence-electron chi connectivity index (χ4n) is 2.46. The second-order valence-corrected chi connectivity index (χ2v) is 5.97. The van der Waals surface area contributed by atoms with Crippen LogP contribution in [-0.2, 0) is 13.1 Å². The first-order valence-electron chi connectivity index (χ1n) is 8.18. The van der Waals surface area contributed by atoms with E-state index in [2.05, 4.69) is 10.4 Å². The van der Waals surface area contributed by atoms with Crippen LogP contribution in [0.4, 0.5) is 4.39 Å². The van der Waals surface area contributed by atoms with E-state index in [0.717, 1.165) is 5.56 Å². The van der Waals surface area contributed by atoms with E-state index in [1.165, 1.54) is 22.9 Å². The van der Waals surface area contributed by atoms with Crippen molar-refractivity contribution in [3.8, 4) is 0 Å². The summed E-state index contributed by atoms with van der Waals surface area (Å²) in [6.45, 7) is 2.14. The van der Waals surface area contributed by atoms with Crippen molar-refractivity contribution in [2.75, 3.05) is 0 Å². The summed E-state index contributed by atoms with van der Waals surface area (Å²) in [5.41, 5.74) is 1.96. The highest BCUT2D eigenvalue weighted by atomic mass is 19.1. The van der Waals surface area contributed by atoms with Crippen molar-refractivity contribution in [1.82, 2.24) is 15.1 Å². The highest BCUT2D eigenvalue weighted by Gasteiger charge is 2.10. The molecule has 1 N–H and O–H groups in total.